The summed E-state index contributed by atoms with van der Waals surface area (Å²) in [6, 6.07) is 7.02. The Morgan fingerprint density at radius 3 is 2.86 bits per heavy atom. The summed E-state index contributed by atoms with van der Waals surface area (Å²) in [4.78, 5) is 11.0. The Morgan fingerprint density at radius 1 is 1.06 bits per heavy atom. The van der Waals surface area contributed by atoms with Crippen molar-refractivity contribution >= 4 is 11.5 Å². The van der Waals surface area contributed by atoms with Crippen LogP contribution in [0.2, 0.25) is 0 Å². The predicted octanol–water partition coefficient (Wildman–Crippen LogP) is 4.61. The SMILES string of the molecule is COc1cnccc1-c1cnn(-c2cnn3ccc(N4CCC[C@@H]4c4cc(F)ccc4F)nc23)c1. The molecule has 0 radical (unpaired) electrons. The number of anilines is 1. The summed E-state index contributed by atoms with van der Waals surface area (Å²) in [7, 11) is 1.60. The van der Waals surface area contributed by atoms with Crippen molar-refractivity contribution in [3.8, 4) is 22.6 Å². The average molecular weight is 473 g/mol. The summed E-state index contributed by atoms with van der Waals surface area (Å²) >= 11 is 0. The molecular weight excluding hydrogens is 452 g/mol. The van der Waals surface area contributed by atoms with E-state index >= 15 is 0 Å². The minimum Gasteiger partial charge on any atom is -0.494 e. The van der Waals surface area contributed by atoms with Gasteiger partial charge in [0.2, 0.25) is 0 Å². The molecule has 1 aromatic carbocycles. The summed E-state index contributed by atoms with van der Waals surface area (Å²) in [5.74, 6) is 0.464. The number of pyridine rings is 1. The number of halogens is 2. The van der Waals surface area contributed by atoms with E-state index in [9.17, 15) is 8.78 Å². The summed E-state index contributed by atoms with van der Waals surface area (Å²) in [5, 5.41) is 8.93. The molecule has 1 saturated heterocycles. The monoisotopic (exact) mass is 473 g/mol. The number of benzene rings is 1. The molecule has 176 valence electrons. The Bertz CT molecular complexity index is 1530. The van der Waals surface area contributed by atoms with Crippen molar-refractivity contribution in [2.24, 2.45) is 0 Å². The molecule has 5 aromatic rings. The minimum atomic E-state index is -0.449. The van der Waals surface area contributed by atoms with Crippen LogP contribution in [0.4, 0.5) is 14.6 Å². The third kappa shape index (κ3) is 3.67. The standard InChI is InChI=1S/C25H21F2N7O/c1-35-23-14-28-8-6-18(23)16-12-29-34(15-16)22-13-30-33-10-7-24(31-25(22)33)32-9-2-3-21(32)19-11-17(26)4-5-20(19)27/h4-8,10-15,21H,2-3,9H2,1H3/t21-/m1/s1. The highest BCUT2D eigenvalue weighted by atomic mass is 19.1. The second kappa shape index (κ2) is 8.46. The zero-order chi connectivity index (χ0) is 23.9. The molecule has 0 bridgehead atoms. The van der Waals surface area contributed by atoms with E-state index < -0.39 is 11.6 Å². The van der Waals surface area contributed by atoms with Crippen LogP contribution in [0.1, 0.15) is 24.4 Å². The van der Waals surface area contributed by atoms with E-state index in [1.54, 1.807) is 41.1 Å². The van der Waals surface area contributed by atoms with Crippen LogP contribution in [0.15, 0.2) is 67.5 Å². The number of hydrogen-bond donors (Lipinski definition) is 0. The molecule has 0 saturated carbocycles. The number of nitrogens with zero attached hydrogens (tertiary/aromatic N) is 7. The van der Waals surface area contributed by atoms with Crippen molar-refractivity contribution in [3.05, 3.63) is 84.7 Å². The van der Waals surface area contributed by atoms with Crippen LogP contribution < -0.4 is 9.64 Å². The third-order valence-electron chi connectivity index (χ3n) is 6.34. The van der Waals surface area contributed by atoms with Gasteiger partial charge in [0.1, 0.15) is 28.9 Å². The lowest BCUT2D eigenvalue weighted by molar-refractivity contribution is 0.414. The Labute approximate surface area is 199 Å². The van der Waals surface area contributed by atoms with Gasteiger partial charge in [-0.25, -0.2) is 23.0 Å². The molecule has 4 aromatic heterocycles. The zero-order valence-corrected chi connectivity index (χ0v) is 18.8. The minimum absolute atomic E-state index is 0.289. The van der Waals surface area contributed by atoms with Crippen LogP contribution in [-0.4, -0.2) is 43.0 Å². The lowest BCUT2D eigenvalue weighted by Crippen LogP contribution is -2.24. The maximum atomic E-state index is 14.5. The van der Waals surface area contributed by atoms with Gasteiger partial charge in [0.15, 0.2) is 5.65 Å². The fourth-order valence-electron chi connectivity index (χ4n) is 4.68. The van der Waals surface area contributed by atoms with Crippen molar-refractivity contribution in [3.63, 3.8) is 0 Å². The number of rotatable bonds is 5. The smallest absolute Gasteiger partial charge is 0.183 e. The summed E-state index contributed by atoms with van der Waals surface area (Å²) < 4.78 is 37.2. The highest BCUT2D eigenvalue weighted by molar-refractivity contribution is 5.70. The van der Waals surface area contributed by atoms with Gasteiger partial charge >= 0.3 is 0 Å². The van der Waals surface area contributed by atoms with E-state index in [1.165, 1.54) is 12.1 Å². The van der Waals surface area contributed by atoms with E-state index in [4.69, 9.17) is 9.72 Å². The Kier molecular flexibility index (Phi) is 5.13. The van der Waals surface area contributed by atoms with E-state index in [1.807, 2.05) is 29.4 Å². The van der Waals surface area contributed by atoms with Gasteiger partial charge in [-0.3, -0.25) is 4.98 Å². The van der Waals surface area contributed by atoms with Crippen LogP contribution in [0.3, 0.4) is 0 Å². The van der Waals surface area contributed by atoms with Gasteiger partial charge in [-0.2, -0.15) is 10.2 Å². The molecule has 0 aliphatic carbocycles. The average Bonchev–Trinajstić information content (AvgIpc) is 3.64. The van der Waals surface area contributed by atoms with Gasteiger partial charge in [0, 0.05) is 41.8 Å². The number of methoxy groups -OCH3 is 1. The van der Waals surface area contributed by atoms with Crippen LogP contribution >= 0.6 is 0 Å². The second-order valence-corrected chi connectivity index (χ2v) is 8.35. The third-order valence-corrected chi connectivity index (χ3v) is 6.34. The van der Waals surface area contributed by atoms with Crippen molar-refractivity contribution in [2.75, 3.05) is 18.6 Å². The Hall–Kier alpha value is -4.34. The topological polar surface area (TPSA) is 73.4 Å². The van der Waals surface area contributed by atoms with Crippen molar-refractivity contribution < 1.29 is 13.5 Å². The van der Waals surface area contributed by atoms with E-state index in [2.05, 4.69) is 15.2 Å². The first-order chi connectivity index (χ1) is 17.1. The first kappa shape index (κ1) is 21.2. The number of ether oxygens (including phenoxy) is 1. The van der Waals surface area contributed by atoms with Gasteiger partial charge in [-0.1, -0.05) is 0 Å². The van der Waals surface area contributed by atoms with Crippen molar-refractivity contribution in [1.82, 2.24) is 29.4 Å². The highest BCUT2D eigenvalue weighted by Gasteiger charge is 2.30. The molecule has 0 amide bonds. The molecular formula is C25H21F2N7O. The normalized spacial score (nSPS) is 15.7. The Morgan fingerprint density at radius 2 is 1.97 bits per heavy atom. The van der Waals surface area contributed by atoms with Crippen LogP contribution in [0.25, 0.3) is 22.5 Å². The maximum absolute atomic E-state index is 14.5. The van der Waals surface area contributed by atoms with Gasteiger partial charge in [-0.05, 0) is 43.2 Å². The molecule has 1 fully saturated rings. The fourth-order valence-corrected chi connectivity index (χ4v) is 4.68. The lowest BCUT2D eigenvalue weighted by atomic mass is 10.0. The first-order valence-corrected chi connectivity index (χ1v) is 11.2. The lowest BCUT2D eigenvalue weighted by Gasteiger charge is -2.26. The molecule has 1 aliphatic rings. The van der Waals surface area contributed by atoms with Gasteiger partial charge in [0.05, 0.1) is 31.7 Å². The van der Waals surface area contributed by atoms with Gasteiger partial charge < -0.3 is 9.64 Å². The molecule has 10 heteroatoms. The largest absolute Gasteiger partial charge is 0.494 e. The highest BCUT2D eigenvalue weighted by Crippen LogP contribution is 2.37. The predicted molar refractivity (Wildman–Crippen MR) is 126 cm³/mol. The van der Waals surface area contributed by atoms with E-state index in [0.29, 0.717) is 35.0 Å². The molecule has 1 atom stereocenters. The summed E-state index contributed by atoms with van der Waals surface area (Å²) in [6.45, 7) is 0.695. The maximum Gasteiger partial charge on any atom is 0.183 e. The second-order valence-electron chi connectivity index (χ2n) is 8.35. The van der Waals surface area contributed by atoms with Gasteiger partial charge in [0.25, 0.3) is 0 Å². The molecule has 1 aliphatic heterocycles. The summed E-state index contributed by atoms with van der Waals surface area (Å²) in [5.41, 5.74) is 3.38. The molecule has 35 heavy (non-hydrogen) atoms. The first-order valence-electron chi connectivity index (χ1n) is 11.2. The van der Waals surface area contributed by atoms with Crippen LogP contribution in [0, 0.1) is 11.6 Å². The molecule has 0 unspecified atom stereocenters. The zero-order valence-electron chi connectivity index (χ0n) is 18.8. The fraction of sp³-hybridized carbons (Fsp3) is 0.200. The molecule has 0 N–H and O–H groups in total. The van der Waals surface area contributed by atoms with E-state index in [0.717, 1.165) is 30.0 Å². The quantitative estimate of drug-likeness (QED) is 0.371. The Balaban J connectivity index is 1.38. The van der Waals surface area contributed by atoms with Gasteiger partial charge in [-0.15, -0.1) is 0 Å². The van der Waals surface area contributed by atoms with Crippen molar-refractivity contribution in [2.45, 2.75) is 18.9 Å². The van der Waals surface area contributed by atoms with Crippen molar-refractivity contribution in [1.29, 1.82) is 0 Å². The number of hydrogen-bond acceptors (Lipinski definition) is 6. The molecule has 0 spiro atoms. The van der Waals surface area contributed by atoms with E-state index in [-0.39, 0.29) is 6.04 Å². The van der Waals surface area contributed by atoms with Crippen LogP contribution in [-0.2, 0) is 0 Å². The number of fused-ring (bicyclic) bond motifs is 1. The summed E-state index contributed by atoms with van der Waals surface area (Å²) in [6.07, 6.45) is 12.1. The molecule has 6 rings (SSSR count). The van der Waals surface area contributed by atoms with Crippen LogP contribution in [0.5, 0.6) is 5.75 Å². The molecule has 8 nitrogen and oxygen atoms in total. The number of aromatic nitrogens is 6. The molecule has 5 heterocycles.